The second-order valence-electron chi connectivity index (χ2n) is 9.65. The fraction of sp³-hybridized carbons (Fsp3) is 0.370. The molecule has 1 unspecified atom stereocenters. The predicted octanol–water partition coefficient (Wildman–Crippen LogP) is 4.91. The number of aromatic nitrogens is 1. The quantitative estimate of drug-likeness (QED) is 0.490. The summed E-state index contributed by atoms with van der Waals surface area (Å²) in [4.78, 5) is 35.6. The maximum absolute atomic E-state index is 13.5. The molecule has 3 aromatic rings. The van der Waals surface area contributed by atoms with E-state index in [2.05, 4.69) is 10.3 Å². The number of nitrogens with zero attached hydrogens (tertiary/aromatic N) is 3. The third-order valence-corrected chi connectivity index (χ3v) is 8.28. The molecule has 0 saturated carbocycles. The van der Waals surface area contributed by atoms with Crippen LogP contribution in [0.2, 0.25) is 0 Å². The summed E-state index contributed by atoms with van der Waals surface area (Å²) >= 11 is 1.38. The van der Waals surface area contributed by atoms with Gasteiger partial charge in [0.1, 0.15) is 0 Å². The van der Waals surface area contributed by atoms with Crippen LogP contribution in [0.15, 0.2) is 42.5 Å². The van der Waals surface area contributed by atoms with E-state index < -0.39 is 17.7 Å². The molecule has 204 valence electrons. The van der Waals surface area contributed by atoms with Crippen LogP contribution in [0.5, 0.6) is 11.5 Å². The van der Waals surface area contributed by atoms with Crippen molar-refractivity contribution in [3.8, 4) is 11.5 Å². The average Bonchev–Trinajstić information content (AvgIpc) is 3.58. The van der Waals surface area contributed by atoms with Crippen molar-refractivity contribution in [2.75, 3.05) is 43.2 Å². The SMILES string of the molecule is O=C(Nc1nc2c(s1)CCCC2C(=O)N1CCN(c2cccc(C(F)(F)F)c2)CC1)c1ccc2c(c1)OCO2. The van der Waals surface area contributed by atoms with Gasteiger partial charge in [0, 0.05) is 42.3 Å². The molecule has 1 fully saturated rings. The molecule has 1 saturated heterocycles. The minimum atomic E-state index is -4.40. The largest absolute Gasteiger partial charge is 0.454 e. The van der Waals surface area contributed by atoms with E-state index >= 15 is 0 Å². The van der Waals surface area contributed by atoms with E-state index in [9.17, 15) is 22.8 Å². The monoisotopic (exact) mass is 558 g/mol. The van der Waals surface area contributed by atoms with Crippen LogP contribution < -0.4 is 19.7 Å². The van der Waals surface area contributed by atoms with Gasteiger partial charge in [-0.2, -0.15) is 13.2 Å². The van der Waals surface area contributed by atoms with E-state index in [4.69, 9.17) is 9.47 Å². The molecule has 2 aromatic carbocycles. The van der Waals surface area contributed by atoms with Crippen molar-refractivity contribution in [3.63, 3.8) is 0 Å². The summed E-state index contributed by atoms with van der Waals surface area (Å²) in [5.41, 5.74) is 0.939. The number of anilines is 2. The lowest BCUT2D eigenvalue weighted by Gasteiger charge is -2.38. The number of aryl methyl sites for hydroxylation is 1. The highest BCUT2D eigenvalue weighted by Gasteiger charge is 2.35. The van der Waals surface area contributed by atoms with Gasteiger partial charge >= 0.3 is 6.18 Å². The summed E-state index contributed by atoms with van der Waals surface area (Å²) in [5.74, 6) is 0.348. The molecular formula is C27H25F3N4O4S. The van der Waals surface area contributed by atoms with E-state index in [0.717, 1.165) is 29.9 Å². The average molecular weight is 559 g/mol. The van der Waals surface area contributed by atoms with Crippen LogP contribution in [-0.4, -0.2) is 54.7 Å². The number of benzene rings is 2. The second kappa shape index (κ2) is 10.1. The third kappa shape index (κ3) is 5.12. The van der Waals surface area contributed by atoms with Crippen LogP contribution in [0.25, 0.3) is 0 Å². The first-order chi connectivity index (χ1) is 18.8. The summed E-state index contributed by atoms with van der Waals surface area (Å²) in [5, 5.41) is 3.29. The van der Waals surface area contributed by atoms with Gasteiger partial charge in [0.25, 0.3) is 5.91 Å². The lowest BCUT2D eigenvalue weighted by atomic mass is 9.89. The molecule has 0 spiro atoms. The number of rotatable bonds is 4. The van der Waals surface area contributed by atoms with Gasteiger partial charge in [-0.1, -0.05) is 6.07 Å². The fourth-order valence-electron chi connectivity index (χ4n) is 5.20. The molecule has 3 aliphatic rings. The standard InChI is InChI=1S/C27H25F3N4O4S/c28-27(29,30)17-3-1-4-18(14-17)33-9-11-34(12-10-33)25(36)19-5-2-6-22-23(19)31-26(39-22)32-24(35)16-7-8-20-21(13-16)38-15-37-20/h1,3-4,7-8,13-14,19H,2,5-6,9-12,15H2,(H,31,32,35). The molecule has 39 heavy (non-hydrogen) atoms. The third-order valence-electron chi connectivity index (χ3n) is 7.24. The minimum absolute atomic E-state index is 0.0291. The van der Waals surface area contributed by atoms with Gasteiger partial charge in [0.15, 0.2) is 16.6 Å². The van der Waals surface area contributed by atoms with Gasteiger partial charge in [-0.05, 0) is 55.7 Å². The molecule has 3 heterocycles. The lowest BCUT2D eigenvalue weighted by molar-refractivity contribution is -0.137. The van der Waals surface area contributed by atoms with Crippen molar-refractivity contribution in [2.24, 2.45) is 0 Å². The second-order valence-corrected chi connectivity index (χ2v) is 10.7. The Hall–Kier alpha value is -3.80. The zero-order valence-electron chi connectivity index (χ0n) is 20.8. The Kier molecular flexibility index (Phi) is 6.57. The summed E-state index contributed by atoms with van der Waals surface area (Å²) in [6, 6.07) is 10.2. The summed E-state index contributed by atoms with van der Waals surface area (Å²) < 4.78 is 50.0. The van der Waals surface area contributed by atoms with Gasteiger partial charge in [-0.25, -0.2) is 4.98 Å². The molecular weight excluding hydrogens is 533 g/mol. The molecule has 6 rings (SSSR count). The van der Waals surface area contributed by atoms with Crippen LogP contribution in [0.3, 0.4) is 0 Å². The number of alkyl halides is 3. The van der Waals surface area contributed by atoms with Gasteiger partial charge in [-0.15, -0.1) is 11.3 Å². The molecule has 8 nitrogen and oxygen atoms in total. The van der Waals surface area contributed by atoms with Crippen molar-refractivity contribution in [2.45, 2.75) is 31.4 Å². The molecule has 1 aromatic heterocycles. The van der Waals surface area contributed by atoms with E-state index in [-0.39, 0.29) is 18.6 Å². The predicted molar refractivity (Wildman–Crippen MR) is 139 cm³/mol. The number of amides is 2. The van der Waals surface area contributed by atoms with Crippen LogP contribution in [0.4, 0.5) is 24.0 Å². The van der Waals surface area contributed by atoms with Crippen molar-refractivity contribution in [3.05, 3.63) is 64.2 Å². The molecule has 1 atom stereocenters. The highest BCUT2D eigenvalue weighted by molar-refractivity contribution is 7.16. The van der Waals surface area contributed by atoms with E-state index in [1.807, 2.05) is 4.90 Å². The van der Waals surface area contributed by atoms with Gasteiger partial charge < -0.3 is 19.3 Å². The number of ether oxygens (including phenoxy) is 2. The number of carbonyl (C=O) groups excluding carboxylic acids is 2. The molecule has 0 radical (unpaired) electrons. The smallest absolute Gasteiger partial charge is 0.416 e. The molecule has 2 aliphatic heterocycles. The van der Waals surface area contributed by atoms with E-state index in [1.165, 1.54) is 17.4 Å². The zero-order chi connectivity index (χ0) is 27.1. The topological polar surface area (TPSA) is 84.0 Å². The summed E-state index contributed by atoms with van der Waals surface area (Å²) in [6.07, 6.45) is -2.10. The normalized spacial score (nSPS) is 18.6. The van der Waals surface area contributed by atoms with Crippen LogP contribution in [-0.2, 0) is 17.4 Å². The van der Waals surface area contributed by atoms with Crippen molar-refractivity contribution >= 4 is 34.0 Å². The minimum Gasteiger partial charge on any atom is -0.454 e. The fourth-order valence-corrected chi connectivity index (χ4v) is 6.26. The van der Waals surface area contributed by atoms with Crippen molar-refractivity contribution in [1.82, 2.24) is 9.88 Å². The number of hydrogen-bond donors (Lipinski definition) is 1. The number of nitrogens with one attached hydrogen (secondary N) is 1. The molecule has 2 amide bonds. The van der Waals surface area contributed by atoms with Crippen molar-refractivity contribution in [1.29, 1.82) is 0 Å². The Bertz CT molecular complexity index is 1420. The molecule has 0 bridgehead atoms. The zero-order valence-corrected chi connectivity index (χ0v) is 21.6. The highest BCUT2D eigenvalue weighted by Crippen LogP contribution is 2.39. The Labute approximate surface area is 226 Å². The number of piperazine rings is 1. The number of thiazole rings is 1. The Morgan fingerprint density at radius 3 is 2.62 bits per heavy atom. The van der Waals surface area contributed by atoms with Crippen LogP contribution in [0.1, 0.15) is 45.3 Å². The first kappa shape index (κ1) is 25.5. The van der Waals surface area contributed by atoms with Gasteiger partial charge in [0.05, 0.1) is 17.2 Å². The Morgan fingerprint density at radius 1 is 1.03 bits per heavy atom. The number of carbonyl (C=O) groups is 2. The first-order valence-corrected chi connectivity index (χ1v) is 13.5. The molecule has 12 heteroatoms. The molecule has 1 aliphatic carbocycles. The van der Waals surface area contributed by atoms with E-state index in [1.54, 1.807) is 29.2 Å². The number of halogens is 3. The number of fused-ring (bicyclic) bond motifs is 2. The van der Waals surface area contributed by atoms with Crippen LogP contribution in [0, 0.1) is 0 Å². The first-order valence-electron chi connectivity index (χ1n) is 12.7. The van der Waals surface area contributed by atoms with Gasteiger partial charge in [-0.3, -0.25) is 14.9 Å². The Balaban J connectivity index is 1.11. The lowest BCUT2D eigenvalue weighted by Crippen LogP contribution is -2.50. The maximum atomic E-state index is 13.5. The molecule has 1 N–H and O–H groups in total. The maximum Gasteiger partial charge on any atom is 0.416 e. The van der Waals surface area contributed by atoms with Gasteiger partial charge in [0.2, 0.25) is 12.7 Å². The van der Waals surface area contributed by atoms with E-state index in [0.29, 0.717) is 66.2 Å². The summed E-state index contributed by atoms with van der Waals surface area (Å²) in [6.45, 7) is 1.84. The Morgan fingerprint density at radius 2 is 1.82 bits per heavy atom. The van der Waals surface area contributed by atoms with Crippen LogP contribution >= 0.6 is 11.3 Å². The number of hydrogen-bond acceptors (Lipinski definition) is 7. The van der Waals surface area contributed by atoms with Crippen molar-refractivity contribution < 1.29 is 32.2 Å². The highest BCUT2D eigenvalue weighted by atomic mass is 32.1. The summed E-state index contributed by atoms with van der Waals surface area (Å²) in [7, 11) is 0.